The summed E-state index contributed by atoms with van der Waals surface area (Å²) in [5.74, 6) is -0.589. The Kier molecular flexibility index (Phi) is 4.94. The van der Waals surface area contributed by atoms with Crippen LogP contribution in [0.15, 0.2) is 18.2 Å². The molecule has 0 fully saturated rings. The average Bonchev–Trinajstić information content (AvgIpc) is 2.27. The predicted molar refractivity (Wildman–Crippen MR) is 62.4 cm³/mol. The molecule has 0 aromatic heterocycles. The van der Waals surface area contributed by atoms with Gasteiger partial charge in [-0.1, -0.05) is 6.07 Å². The van der Waals surface area contributed by atoms with Gasteiger partial charge in [-0.3, -0.25) is 4.79 Å². The molecule has 1 unspecified atom stereocenters. The topological polar surface area (TPSA) is 46.5 Å². The van der Waals surface area contributed by atoms with Crippen molar-refractivity contribution in [2.75, 3.05) is 6.61 Å². The Bertz CT molecular complexity index is 455. The highest BCUT2D eigenvalue weighted by Crippen LogP contribution is 2.32. The number of rotatable bonds is 4. The average molecular weight is 276 g/mol. The van der Waals surface area contributed by atoms with Crippen molar-refractivity contribution in [1.29, 1.82) is 0 Å². The number of aliphatic hydroxyl groups is 1. The van der Waals surface area contributed by atoms with Gasteiger partial charge in [0, 0.05) is 0 Å². The molecule has 1 aromatic carbocycles. The number of aryl methyl sites for hydroxylation is 1. The molecule has 1 N–H and O–H groups in total. The van der Waals surface area contributed by atoms with Crippen LogP contribution in [0.2, 0.25) is 0 Å². The Morgan fingerprint density at radius 2 is 2.05 bits per heavy atom. The standard InChI is InChI=1S/C13H15F3O3/c1-3-19-12(18)7-11(17)10-5-4-9(6-8(10)2)13(14,15)16/h4-6,11,17H,3,7H2,1-2H3. The summed E-state index contributed by atoms with van der Waals surface area (Å²) in [6, 6.07) is 3.02. The number of halogens is 3. The number of esters is 1. The molecule has 6 heteroatoms. The number of ether oxygens (including phenoxy) is 1. The molecule has 106 valence electrons. The Hall–Kier alpha value is -1.56. The second kappa shape index (κ2) is 6.06. The summed E-state index contributed by atoms with van der Waals surface area (Å²) in [6.07, 6.45) is -5.86. The third kappa shape index (κ3) is 4.24. The van der Waals surface area contributed by atoms with Gasteiger partial charge in [-0.15, -0.1) is 0 Å². The first-order valence-corrected chi connectivity index (χ1v) is 5.77. The maximum Gasteiger partial charge on any atom is 0.416 e. The third-order valence-electron chi connectivity index (χ3n) is 2.62. The van der Waals surface area contributed by atoms with Crippen LogP contribution in [0.25, 0.3) is 0 Å². The second-order valence-electron chi connectivity index (χ2n) is 4.09. The fourth-order valence-electron chi connectivity index (χ4n) is 1.71. The summed E-state index contributed by atoms with van der Waals surface area (Å²) in [5, 5.41) is 9.81. The Balaban J connectivity index is 2.87. The highest BCUT2D eigenvalue weighted by molar-refractivity contribution is 5.70. The zero-order chi connectivity index (χ0) is 14.6. The number of aliphatic hydroxyl groups excluding tert-OH is 1. The quantitative estimate of drug-likeness (QED) is 0.860. The van der Waals surface area contributed by atoms with Crippen LogP contribution in [0.3, 0.4) is 0 Å². The van der Waals surface area contributed by atoms with Crippen LogP contribution < -0.4 is 0 Å². The normalized spacial score (nSPS) is 13.2. The van der Waals surface area contributed by atoms with Gasteiger partial charge in [-0.2, -0.15) is 13.2 Å². The van der Waals surface area contributed by atoms with E-state index in [1.54, 1.807) is 6.92 Å². The molecule has 0 amide bonds. The fraction of sp³-hybridized carbons (Fsp3) is 0.462. The molecule has 3 nitrogen and oxygen atoms in total. The summed E-state index contributed by atoms with van der Waals surface area (Å²) >= 11 is 0. The lowest BCUT2D eigenvalue weighted by atomic mass is 9.98. The Morgan fingerprint density at radius 1 is 1.42 bits per heavy atom. The highest BCUT2D eigenvalue weighted by Gasteiger charge is 2.31. The smallest absolute Gasteiger partial charge is 0.416 e. The minimum Gasteiger partial charge on any atom is -0.466 e. The minimum absolute atomic E-state index is 0.192. The van der Waals surface area contributed by atoms with Gasteiger partial charge >= 0.3 is 12.1 Å². The van der Waals surface area contributed by atoms with E-state index in [1.165, 1.54) is 13.0 Å². The van der Waals surface area contributed by atoms with Gasteiger partial charge in [-0.05, 0) is 37.1 Å². The summed E-state index contributed by atoms with van der Waals surface area (Å²) < 4.78 is 42.1. The molecule has 1 atom stereocenters. The highest BCUT2D eigenvalue weighted by atomic mass is 19.4. The summed E-state index contributed by atoms with van der Waals surface area (Å²) in [7, 11) is 0. The maximum atomic E-state index is 12.5. The van der Waals surface area contributed by atoms with Crippen LogP contribution in [-0.4, -0.2) is 17.7 Å². The van der Waals surface area contributed by atoms with Crippen LogP contribution >= 0.6 is 0 Å². The lowest BCUT2D eigenvalue weighted by molar-refractivity contribution is -0.145. The van der Waals surface area contributed by atoms with E-state index in [0.717, 1.165) is 12.1 Å². The third-order valence-corrected chi connectivity index (χ3v) is 2.62. The van der Waals surface area contributed by atoms with Gasteiger partial charge in [0.1, 0.15) is 0 Å². The molecule has 1 rings (SSSR count). The molecule has 0 radical (unpaired) electrons. The van der Waals surface area contributed by atoms with Gasteiger partial charge in [0.2, 0.25) is 0 Å². The molecule has 19 heavy (non-hydrogen) atoms. The Labute approximate surface area is 109 Å². The van der Waals surface area contributed by atoms with Gasteiger partial charge in [0.15, 0.2) is 0 Å². The van der Waals surface area contributed by atoms with Crippen molar-refractivity contribution in [2.24, 2.45) is 0 Å². The van der Waals surface area contributed by atoms with Gasteiger partial charge < -0.3 is 9.84 Å². The number of alkyl halides is 3. The van der Waals surface area contributed by atoms with Crippen molar-refractivity contribution in [3.8, 4) is 0 Å². The molecule has 0 spiro atoms. The zero-order valence-electron chi connectivity index (χ0n) is 10.6. The number of carbonyl (C=O) groups excluding carboxylic acids is 1. The molecule has 0 saturated heterocycles. The van der Waals surface area contributed by atoms with Gasteiger partial charge in [0.25, 0.3) is 0 Å². The van der Waals surface area contributed by atoms with Crippen molar-refractivity contribution in [3.63, 3.8) is 0 Å². The van der Waals surface area contributed by atoms with Crippen LogP contribution in [0, 0.1) is 6.92 Å². The Morgan fingerprint density at radius 3 is 2.53 bits per heavy atom. The number of hydrogen-bond donors (Lipinski definition) is 1. The SMILES string of the molecule is CCOC(=O)CC(O)c1ccc(C(F)(F)F)cc1C. The first kappa shape index (κ1) is 15.5. The first-order valence-electron chi connectivity index (χ1n) is 5.77. The van der Waals surface area contributed by atoms with E-state index in [-0.39, 0.29) is 18.6 Å². The fourth-order valence-corrected chi connectivity index (χ4v) is 1.71. The van der Waals surface area contributed by atoms with E-state index in [4.69, 9.17) is 0 Å². The van der Waals surface area contributed by atoms with E-state index in [0.29, 0.717) is 5.56 Å². The van der Waals surface area contributed by atoms with E-state index in [1.807, 2.05) is 0 Å². The summed E-state index contributed by atoms with van der Waals surface area (Å²) in [4.78, 5) is 11.2. The maximum absolute atomic E-state index is 12.5. The van der Waals surface area contributed by atoms with Crippen molar-refractivity contribution in [1.82, 2.24) is 0 Å². The van der Waals surface area contributed by atoms with Crippen LogP contribution in [0.4, 0.5) is 13.2 Å². The van der Waals surface area contributed by atoms with E-state index in [2.05, 4.69) is 4.74 Å². The molecular formula is C13H15F3O3. The minimum atomic E-state index is -4.42. The van der Waals surface area contributed by atoms with E-state index in [9.17, 15) is 23.1 Å². The second-order valence-corrected chi connectivity index (χ2v) is 4.09. The van der Waals surface area contributed by atoms with Gasteiger partial charge in [0.05, 0.1) is 24.7 Å². The van der Waals surface area contributed by atoms with E-state index < -0.39 is 23.8 Å². The molecule has 0 aliphatic rings. The van der Waals surface area contributed by atoms with Crippen molar-refractivity contribution < 1.29 is 27.8 Å². The molecule has 0 bridgehead atoms. The molecule has 0 saturated carbocycles. The molecule has 0 heterocycles. The summed E-state index contributed by atoms with van der Waals surface area (Å²) in [6.45, 7) is 3.28. The van der Waals surface area contributed by atoms with Crippen LogP contribution in [0.5, 0.6) is 0 Å². The monoisotopic (exact) mass is 276 g/mol. The van der Waals surface area contributed by atoms with Crippen molar-refractivity contribution in [2.45, 2.75) is 32.5 Å². The lowest BCUT2D eigenvalue weighted by Gasteiger charge is -2.15. The molecular weight excluding hydrogens is 261 g/mol. The van der Waals surface area contributed by atoms with Crippen LogP contribution in [-0.2, 0) is 15.7 Å². The zero-order valence-corrected chi connectivity index (χ0v) is 10.6. The van der Waals surface area contributed by atoms with Crippen molar-refractivity contribution >= 4 is 5.97 Å². The number of carbonyl (C=O) groups is 1. The molecule has 0 aliphatic carbocycles. The number of hydrogen-bond acceptors (Lipinski definition) is 3. The van der Waals surface area contributed by atoms with Gasteiger partial charge in [-0.25, -0.2) is 0 Å². The lowest BCUT2D eigenvalue weighted by Crippen LogP contribution is -2.12. The summed E-state index contributed by atoms with van der Waals surface area (Å²) in [5.41, 5.74) is -0.204. The largest absolute Gasteiger partial charge is 0.466 e. The molecule has 0 aliphatic heterocycles. The predicted octanol–water partition coefficient (Wildman–Crippen LogP) is 3.00. The first-order chi connectivity index (χ1) is 8.75. The van der Waals surface area contributed by atoms with E-state index >= 15 is 0 Å². The van der Waals surface area contributed by atoms with Crippen molar-refractivity contribution in [3.05, 3.63) is 34.9 Å². The van der Waals surface area contributed by atoms with Crippen LogP contribution in [0.1, 0.15) is 36.1 Å². The molecule has 1 aromatic rings. The number of benzene rings is 1.